The molecule has 1 aromatic heterocycles. The molecule has 1 heterocycles. The van der Waals surface area contributed by atoms with Crippen LogP contribution in [0, 0.1) is 5.82 Å². The number of alkyl halides is 2. The van der Waals surface area contributed by atoms with Gasteiger partial charge in [-0.2, -0.15) is 8.78 Å². The average Bonchev–Trinajstić information content (AvgIpc) is 3.09. The number of aromatic nitrogens is 2. The minimum Gasteiger partial charge on any atom is -0.435 e. The van der Waals surface area contributed by atoms with Gasteiger partial charge in [0.1, 0.15) is 11.6 Å². The number of Topliss-reactive ketones (excluding diaryl/α,β-unsaturated/α-hetero) is 1. The van der Waals surface area contributed by atoms with Crippen molar-refractivity contribution in [3.05, 3.63) is 59.9 Å². The molecule has 134 valence electrons. The predicted octanol–water partition coefficient (Wildman–Crippen LogP) is 4.45. The Balaban J connectivity index is 1.58. The number of thioether (sulfide) groups is 1. The van der Waals surface area contributed by atoms with Gasteiger partial charge in [0.2, 0.25) is 5.89 Å². The van der Waals surface area contributed by atoms with E-state index in [0.717, 1.165) is 11.8 Å². The number of hydrogen-bond acceptors (Lipinski definition) is 6. The molecule has 0 amide bonds. The van der Waals surface area contributed by atoms with Crippen LogP contribution in [0.3, 0.4) is 0 Å². The third kappa shape index (κ3) is 4.63. The summed E-state index contributed by atoms with van der Waals surface area (Å²) in [5.74, 6) is -0.392. The lowest BCUT2D eigenvalue weighted by atomic mass is 10.1. The van der Waals surface area contributed by atoms with Crippen molar-refractivity contribution in [3.63, 3.8) is 0 Å². The van der Waals surface area contributed by atoms with Gasteiger partial charge >= 0.3 is 6.61 Å². The van der Waals surface area contributed by atoms with Gasteiger partial charge in [0.25, 0.3) is 5.22 Å². The summed E-state index contributed by atoms with van der Waals surface area (Å²) in [4.78, 5) is 12.1. The Labute approximate surface area is 150 Å². The largest absolute Gasteiger partial charge is 0.435 e. The second kappa shape index (κ2) is 8.05. The van der Waals surface area contributed by atoms with E-state index in [1.807, 2.05) is 0 Å². The quantitative estimate of drug-likeness (QED) is 0.446. The highest BCUT2D eigenvalue weighted by molar-refractivity contribution is 7.99. The minimum atomic E-state index is -2.92. The Hall–Kier alpha value is -2.81. The molecular formula is C17H11F3N2O3S. The SMILES string of the molecule is O=C(CSc1nnc(-c2ccc(F)cc2)o1)c1ccc(OC(F)F)cc1. The van der Waals surface area contributed by atoms with Crippen LogP contribution in [0.4, 0.5) is 13.2 Å². The van der Waals surface area contributed by atoms with Gasteiger partial charge in [-0.3, -0.25) is 4.79 Å². The maximum absolute atomic E-state index is 12.9. The molecule has 0 atom stereocenters. The van der Waals surface area contributed by atoms with Crippen LogP contribution in [0.1, 0.15) is 10.4 Å². The van der Waals surface area contributed by atoms with Crippen LogP contribution in [0.25, 0.3) is 11.5 Å². The third-order valence-corrected chi connectivity index (χ3v) is 4.04. The number of ether oxygens (including phenoxy) is 1. The zero-order chi connectivity index (χ0) is 18.5. The predicted molar refractivity (Wildman–Crippen MR) is 87.8 cm³/mol. The van der Waals surface area contributed by atoms with E-state index in [2.05, 4.69) is 14.9 Å². The summed E-state index contributed by atoms with van der Waals surface area (Å²) in [6.07, 6.45) is 0. The Kier molecular flexibility index (Phi) is 5.57. The maximum atomic E-state index is 12.9. The van der Waals surface area contributed by atoms with Crippen molar-refractivity contribution in [1.82, 2.24) is 10.2 Å². The van der Waals surface area contributed by atoms with Gasteiger partial charge in [-0.05, 0) is 48.5 Å². The van der Waals surface area contributed by atoms with Crippen molar-refractivity contribution in [1.29, 1.82) is 0 Å². The number of carbonyl (C=O) groups excluding carboxylic acids is 1. The molecule has 0 saturated heterocycles. The average molecular weight is 380 g/mol. The van der Waals surface area contributed by atoms with Gasteiger partial charge < -0.3 is 9.15 Å². The summed E-state index contributed by atoms with van der Waals surface area (Å²) >= 11 is 1.04. The van der Waals surface area contributed by atoms with Crippen LogP contribution in [0.2, 0.25) is 0 Å². The van der Waals surface area contributed by atoms with E-state index < -0.39 is 6.61 Å². The fraction of sp³-hybridized carbons (Fsp3) is 0.118. The van der Waals surface area contributed by atoms with Crippen LogP contribution >= 0.6 is 11.8 Å². The summed E-state index contributed by atoms with van der Waals surface area (Å²) < 4.78 is 46.8. The Bertz CT molecular complexity index is 883. The van der Waals surface area contributed by atoms with Gasteiger partial charge in [-0.15, -0.1) is 10.2 Å². The number of halogens is 3. The molecule has 0 fully saturated rings. The van der Waals surface area contributed by atoms with E-state index in [1.54, 1.807) is 0 Å². The summed E-state index contributed by atoms with van der Waals surface area (Å²) in [7, 11) is 0. The summed E-state index contributed by atoms with van der Waals surface area (Å²) in [6, 6.07) is 11.0. The Morgan fingerprint density at radius 2 is 1.77 bits per heavy atom. The standard InChI is InChI=1S/C17H11F3N2O3S/c18-12-5-1-11(2-6-12)15-21-22-17(25-15)26-9-14(23)10-3-7-13(8-4-10)24-16(19)20/h1-8,16H,9H2. The molecule has 26 heavy (non-hydrogen) atoms. The van der Waals surface area contributed by atoms with Crippen LogP contribution in [-0.4, -0.2) is 28.3 Å². The van der Waals surface area contributed by atoms with Gasteiger partial charge in [-0.1, -0.05) is 11.8 Å². The van der Waals surface area contributed by atoms with Crippen LogP contribution in [0.15, 0.2) is 58.2 Å². The molecule has 0 unspecified atom stereocenters. The van der Waals surface area contributed by atoms with Crippen molar-refractivity contribution < 1.29 is 27.1 Å². The lowest BCUT2D eigenvalue weighted by molar-refractivity contribution is -0.0498. The first-order chi connectivity index (χ1) is 12.5. The van der Waals surface area contributed by atoms with Crippen molar-refractivity contribution in [2.75, 3.05) is 5.75 Å². The van der Waals surface area contributed by atoms with E-state index in [9.17, 15) is 18.0 Å². The highest BCUT2D eigenvalue weighted by Gasteiger charge is 2.13. The number of hydrogen-bond donors (Lipinski definition) is 0. The van der Waals surface area contributed by atoms with E-state index >= 15 is 0 Å². The van der Waals surface area contributed by atoms with Crippen molar-refractivity contribution in [3.8, 4) is 17.2 Å². The van der Waals surface area contributed by atoms with E-state index in [4.69, 9.17) is 4.42 Å². The Morgan fingerprint density at radius 1 is 1.08 bits per heavy atom. The highest BCUT2D eigenvalue weighted by Crippen LogP contribution is 2.24. The zero-order valence-corrected chi connectivity index (χ0v) is 13.9. The number of carbonyl (C=O) groups is 1. The van der Waals surface area contributed by atoms with Gasteiger partial charge in [0.05, 0.1) is 5.75 Å². The molecule has 0 aliphatic rings. The third-order valence-electron chi connectivity index (χ3n) is 3.23. The molecule has 3 aromatic rings. The summed E-state index contributed by atoms with van der Waals surface area (Å²) in [5, 5.41) is 7.86. The molecule has 0 aliphatic heterocycles. The first-order valence-corrected chi connectivity index (χ1v) is 8.30. The second-order valence-electron chi connectivity index (χ2n) is 4.99. The second-order valence-corrected chi connectivity index (χ2v) is 5.92. The fourth-order valence-electron chi connectivity index (χ4n) is 2.01. The minimum absolute atomic E-state index is 0.0231. The molecule has 5 nitrogen and oxygen atoms in total. The molecule has 0 radical (unpaired) electrons. The molecule has 0 N–H and O–H groups in total. The summed E-state index contributed by atoms with van der Waals surface area (Å²) in [6.45, 7) is -2.92. The van der Waals surface area contributed by atoms with Crippen molar-refractivity contribution in [2.24, 2.45) is 0 Å². The first-order valence-electron chi connectivity index (χ1n) is 7.31. The number of ketones is 1. The monoisotopic (exact) mass is 380 g/mol. The van der Waals surface area contributed by atoms with Crippen LogP contribution in [0.5, 0.6) is 5.75 Å². The smallest absolute Gasteiger partial charge is 0.387 e. The number of benzene rings is 2. The molecule has 3 rings (SSSR count). The highest BCUT2D eigenvalue weighted by atomic mass is 32.2. The molecule has 2 aromatic carbocycles. The topological polar surface area (TPSA) is 65.2 Å². The number of rotatable bonds is 7. The fourth-order valence-corrected chi connectivity index (χ4v) is 2.67. The van der Waals surface area contributed by atoms with Gasteiger partial charge in [0, 0.05) is 11.1 Å². The van der Waals surface area contributed by atoms with Gasteiger partial charge in [-0.25, -0.2) is 4.39 Å². The molecule has 0 aliphatic carbocycles. The van der Waals surface area contributed by atoms with Crippen LogP contribution in [-0.2, 0) is 0 Å². The molecular weight excluding hydrogens is 369 g/mol. The molecule has 0 bridgehead atoms. The maximum Gasteiger partial charge on any atom is 0.387 e. The molecule has 0 spiro atoms. The summed E-state index contributed by atoms with van der Waals surface area (Å²) in [5.41, 5.74) is 0.907. The van der Waals surface area contributed by atoms with Crippen molar-refractivity contribution in [2.45, 2.75) is 11.8 Å². The lowest BCUT2D eigenvalue weighted by Crippen LogP contribution is -2.04. The zero-order valence-electron chi connectivity index (χ0n) is 13.1. The molecule has 0 saturated carbocycles. The van der Waals surface area contributed by atoms with Gasteiger partial charge in [0.15, 0.2) is 5.78 Å². The Morgan fingerprint density at radius 3 is 2.42 bits per heavy atom. The normalized spacial score (nSPS) is 10.9. The van der Waals surface area contributed by atoms with Crippen LogP contribution < -0.4 is 4.74 Å². The molecule has 9 heteroatoms. The lowest BCUT2D eigenvalue weighted by Gasteiger charge is -2.04. The van der Waals surface area contributed by atoms with Crippen molar-refractivity contribution >= 4 is 17.5 Å². The number of nitrogens with zero attached hydrogens (tertiary/aromatic N) is 2. The van der Waals surface area contributed by atoms with E-state index in [0.29, 0.717) is 11.1 Å². The van der Waals surface area contributed by atoms with E-state index in [-0.39, 0.29) is 34.2 Å². The first kappa shape index (κ1) is 18.0. The van der Waals surface area contributed by atoms with E-state index in [1.165, 1.54) is 48.5 Å².